The zero-order valence-electron chi connectivity index (χ0n) is 15.3. The predicted molar refractivity (Wildman–Crippen MR) is 99.7 cm³/mol. The molecule has 0 fully saturated rings. The van der Waals surface area contributed by atoms with Gasteiger partial charge in [0.05, 0.1) is 4.90 Å². The van der Waals surface area contributed by atoms with Crippen molar-refractivity contribution in [3.05, 3.63) is 59.2 Å². The number of carbonyl (C=O) groups is 2. The SMILES string of the molecule is Cc1ccc(S(C)(=O)=O)cc1C(=O)N(C)Cc1ccc(OCC(=O)O)cc1. The number of rotatable bonds is 7. The Morgan fingerprint density at radius 1 is 1.11 bits per heavy atom. The molecule has 1 N–H and O–H groups in total. The molecular formula is C19H21NO6S. The molecule has 0 aromatic heterocycles. The molecule has 8 heteroatoms. The minimum Gasteiger partial charge on any atom is -0.482 e. The van der Waals surface area contributed by atoms with Crippen LogP contribution in [0.4, 0.5) is 0 Å². The highest BCUT2D eigenvalue weighted by molar-refractivity contribution is 7.90. The van der Waals surface area contributed by atoms with Crippen LogP contribution in [0.15, 0.2) is 47.4 Å². The van der Waals surface area contributed by atoms with Gasteiger partial charge in [0.15, 0.2) is 16.4 Å². The molecular weight excluding hydrogens is 370 g/mol. The van der Waals surface area contributed by atoms with Gasteiger partial charge in [-0.3, -0.25) is 4.79 Å². The quantitative estimate of drug-likeness (QED) is 0.776. The first-order valence-corrected chi connectivity index (χ1v) is 9.97. The molecule has 0 aliphatic rings. The van der Waals surface area contributed by atoms with E-state index in [-0.39, 0.29) is 10.8 Å². The van der Waals surface area contributed by atoms with Gasteiger partial charge in [-0.15, -0.1) is 0 Å². The van der Waals surface area contributed by atoms with Crippen molar-refractivity contribution in [2.75, 3.05) is 19.9 Å². The van der Waals surface area contributed by atoms with Gasteiger partial charge >= 0.3 is 5.97 Å². The average Bonchev–Trinajstić information content (AvgIpc) is 2.59. The van der Waals surface area contributed by atoms with Gasteiger partial charge in [0.1, 0.15) is 5.75 Å². The molecule has 0 heterocycles. The summed E-state index contributed by atoms with van der Waals surface area (Å²) in [4.78, 5) is 24.8. The van der Waals surface area contributed by atoms with Crippen LogP contribution >= 0.6 is 0 Å². The second-order valence-electron chi connectivity index (χ2n) is 6.24. The summed E-state index contributed by atoms with van der Waals surface area (Å²) in [5.41, 5.74) is 1.85. The highest BCUT2D eigenvalue weighted by atomic mass is 32.2. The molecule has 0 bridgehead atoms. The number of carboxylic acids is 1. The van der Waals surface area contributed by atoms with Crippen LogP contribution in [0.1, 0.15) is 21.5 Å². The van der Waals surface area contributed by atoms with Gasteiger partial charge in [-0.25, -0.2) is 13.2 Å². The van der Waals surface area contributed by atoms with E-state index in [1.807, 2.05) is 0 Å². The molecule has 2 aromatic carbocycles. The van der Waals surface area contributed by atoms with Crippen LogP contribution in [0.5, 0.6) is 5.75 Å². The standard InChI is InChI=1S/C19H21NO6S/c1-13-4-9-16(27(3,24)25)10-17(13)19(23)20(2)11-14-5-7-15(8-6-14)26-12-18(21)22/h4-10H,11-12H2,1-3H3,(H,21,22). The van der Waals surface area contributed by atoms with E-state index in [9.17, 15) is 18.0 Å². The number of ether oxygens (including phenoxy) is 1. The van der Waals surface area contributed by atoms with Crippen molar-refractivity contribution >= 4 is 21.7 Å². The molecule has 0 atom stereocenters. The zero-order chi connectivity index (χ0) is 20.2. The predicted octanol–water partition coefficient (Wildman–Crippen LogP) is 2.13. The smallest absolute Gasteiger partial charge is 0.341 e. The topological polar surface area (TPSA) is 101 Å². The van der Waals surface area contributed by atoms with Crippen molar-refractivity contribution in [2.24, 2.45) is 0 Å². The number of aliphatic carboxylic acids is 1. The second kappa shape index (κ2) is 8.22. The number of benzene rings is 2. The van der Waals surface area contributed by atoms with Crippen molar-refractivity contribution < 1.29 is 27.9 Å². The van der Waals surface area contributed by atoms with Gasteiger partial charge in [0.2, 0.25) is 0 Å². The highest BCUT2D eigenvalue weighted by Gasteiger charge is 2.18. The Labute approximate surface area is 158 Å². The van der Waals surface area contributed by atoms with Crippen LogP contribution in [-0.4, -0.2) is 50.2 Å². The summed E-state index contributed by atoms with van der Waals surface area (Å²) >= 11 is 0. The van der Waals surface area contributed by atoms with Gasteiger partial charge in [-0.05, 0) is 42.3 Å². The van der Waals surface area contributed by atoms with Crippen LogP contribution in [0.2, 0.25) is 0 Å². The molecule has 2 aromatic rings. The van der Waals surface area contributed by atoms with E-state index in [2.05, 4.69) is 0 Å². The number of carboxylic acid groups (broad SMARTS) is 1. The number of hydrogen-bond donors (Lipinski definition) is 1. The van der Waals surface area contributed by atoms with E-state index in [0.29, 0.717) is 23.4 Å². The number of nitrogens with zero attached hydrogens (tertiary/aromatic N) is 1. The first-order valence-electron chi connectivity index (χ1n) is 8.07. The highest BCUT2D eigenvalue weighted by Crippen LogP contribution is 2.19. The van der Waals surface area contributed by atoms with Gasteiger partial charge in [0.25, 0.3) is 5.91 Å². The molecule has 0 saturated carbocycles. The lowest BCUT2D eigenvalue weighted by Crippen LogP contribution is -2.27. The van der Waals surface area contributed by atoms with E-state index in [1.54, 1.807) is 44.3 Å². The monoisotopic (exact) mass is 391 g/mol. The van der Waals surface area contributed by atoms with Crippen LogP contribution < -0.4 is 4.74 Å². The number of carbonyl (C=O) groups excluding carboxylic acids is 1. The third-order valence-electron chi connectivity index (χ3n) is 3.92. The van der Waals surface area contributed by atoms with Gasteiger partial charge < -0.3 is 14.7 Å². The lowest BCUT2D eigenvalue weighted by atomic mass is 10.1. The number of hydrogen-bond acceptors (Lipinski definition) is 5. The minimum absolute atomic E-state index is 0.102. The summed E-state index contributed by atoms with van der Waals surface area (Å²) in [6.07, 6.45) is 1.10. The Hall–Kier alpha value is -2.87. The van der Waals surface area contributed by atoms with Crippen LogP contribution in [0.25, 0.3) is 0 Å². The summed E-state index contributed by atoms with van der Waals surface area (Å²) in [7, 11) is -1.77. The van der Waals surface area contributed by atoms with Crippen molar-refractivity contribution in [3.8, 4) is 5.75 Å². The lowest BCUT2D eigenvalue weighted by molar-refractivity contribution is -0.139. The second-order valence-corrected chi connectivity index (χ2v) is 8.25. The molecule has 2 rings (SSSR count). The fourth-order valence-corrected chi connectivity index (χ4v) is 3.10. The summed E-state index contributed by atoms with van der Waals surface area (Å²) < 4.78 is 28.5. The fraction of sp³-hybridized carbons (Fsp3) is 0.263. The van der Waals surface area contributed by atoms with E-state index >= 15 is 0 Å². The van der Waals surface area contributed by atoms with Crippen molar-refractivity contribution in [1.29, 1.82) is 0 Å². The molecule has 144 valence electrons. The van der Waals surface area contributed by atoms with E-state index in [0.717, 1.165) is 11.8 Å². The largest absolute Gasteiger partial charge is 0.482 e. The van der Waals surface area contributed by atoms with Crippen molar-refractivity contribution in [1.82, 2.24) is 4.90 Å². The van der Waals surface area contributed by atoms with Gasteiger partial charge in [-0.1, -0.05) is 18.2 Å². The summed E-state index contributed by atoms with van der Waals surface area (Å²) in [6.45, 7) is 1.63. The molecule has 1 amide bonds. The summed E-state index contributed by atoms with van der Waals surface area (Å²) in [5, 5.41) is 8.60. The molecule has 0 saturated heterocycles. The van der Waals surface area contributed by atoms with Crippen LogP contribution in [0.3, 0.4) is 0 Å². The summed E-state index contributed by atoms with van der Waals surface area (Å²) in [6, 6.07) is 11.2. The first kappa shape index (κ1) is 20.4. The summed E-state index contributed by atoms with van der Waals surface area (Å²) in [5.74, 6) is -0.924. The maximum atomic E-state index is 12.7. The van der Waals surface area contributed by atoms with Crippen molar-refractivity contribution in [3.63, 3.8) is 0 Å². The fourth-order valence-electron chi connectivity index (χ4n) is 2.45. The third-order valence-corrected chi connectivity index (χ3v) is 5.03. The van der Waals surface area contributed by atoms with E-state index < -0.39 is 22.4 Å². The average molecular weight is 391 g/mol. The maximum absolute atomic E-state index is 12.7. The molecule has 27 heavy (non-hydrogen) atoms. The van der Waals surface area contributed by atoms with Gasteiger partial charge in [-0.2, -0.15) is 0 Å². The molecule has 0 radical (unpaired) electrons. The minimum atomic E-state index is -3.40. The Morgan fingerprint density at radius 2 is 1.74 bits per heavy atom. The Bertz CT molecular complexity index is 951. The molecule has 0 aliphatic carbocycles. The zero-order valence-corrected chi connectivity index (χ0v) is 16.1. The van der Waals surface area contributed by atoms with E-state index in [1.165, 1.54) is 17.0 Å². The van der Waals surface area contributed by atoms with Crippen LogP contribution in [-0.2, 0) is 21.2 Å². The molecule has 7 nitrogen and oxygen atoms in total. The normalized spacial score (nSPS) is 11.1. The maximum Gasteiger partial charge on any atom is 0.341 e. The molecule has 0 spiro atoms. The van der Waals surface area contributed by atoms with Gasteiger partial charge in [0, 0.05) is 25.4 Å². The third kappa shape index (κ3) is 5.55. The number of amides is 1. The molecule has 0 aliphatic heterocycles. The Morgan fingerprint density at radius 3 is 2.30 bits per heavy atom. The van der Waals surface area contributed by atoms with E-state index in [4.69, 9.17) is 9.84 Å². The van der Waals surface area contributed by atoms with Crippen LogP contribution in [0, 0.1) is 6.92 Å². The molecule has 0 unspecified atom stereocenters. The number of sulfone groups is 1. The Kier molecular flexibility index (Phi) is 6.22. The lowest BCUT2D eigenvalue weighted by Gasteiger charge is -2.19. The number of aryl methyl sites for hydroxylation is 1. The van der Waals surface area contributed by atoms with Crippen molar-refractivity contribution in [2.45, 2.75) is 18.4 Å². The first-order chi connectivity index (χ1) is 12.6. The Balaban J connectivity index is 2.13.